The van der Waals surface area contributed by atoms with Crippen LogP contribution in [0.3, 0.4) is 0 Å². The molecule has 1 N–H and O–H groups in total. The van der Waals surface area contributed by atoms with Gasteiger partial charge in [0.25, 0.3) is 5.91 Å². The van der Waals surface area contributed by atoms with E-state index in [4.69, 9.17) is 0 Å². The van der Waals surface area contributed by atoms with Gasteiger partial charge >= 0.3 is 6.18 Å². The first-order chi connectivity index (χ1) is 5.99. The number of hydrogen-bond donors (Lipinski definition) is 1. The van der Waals surface area contributed by atoms with E-state index in [-0.39, 0.29) is 5.76 Å². The van der Waals surface area contributed by atoms with E-state index in [1.807, 2.05) is 0 Å². The predicted octanol–water partition coefficient (Wildman–Crippen LogP) is 1.57. The van der Waals surface area contributed by atoms with Crippen LogP contribution in [-0.2, 0) is 0 Å². The van der Waals surface area contributed by atoms with Gasteiger partial charge in [-0.15, -0.1) is 0 Å². The van der Waals surface area contributed by atoms with Gasteiger partial charge in [0.15, 0.2) is 5.76 Å². The molecule has 0 aliphatic rings. The number of furan rings is 1. The van der Waals surface area contributed by atoms with Crippen LogP contribution >= 0.6 is 0 Å². The zero-order valence-corrected chi connectivity index (χ0v) is 6.39. The van der Waals surface area contributed by atoms with Crippen molar-refractivity contribution in [2.24, 2.45) is 0 Å². The fraction of sp³-hybridized carbons (Fsp3) is 0.286. The average molecular weight is 193 g/mol. The third-order valence-electron chi connectivity index (χ3n) is 1.19. The van der Waals surface area contributed by atoms with Crippen LogP contribution in [0.4, 0.5) is 13.2 Å². The number of amides is 1. The third kappa shape index (κ3) is 3.18. The van der Waals surface area contributed by atoms with Gasteiger partial charge in [0, 0.05) is 0 Å². The van der Waals surface area contributed by atoms with Gasteiger partial charge < -0.3 is 9.73 Å². The largest absolute Gasteiger partial charge is 0.459 e. The van der Waals surface area contributed by atoms with Gasteiger partial charge in [0.05, 0.1) is 6.26 Å². The third-order valence-corrected chi connectivity index (χ3v) is 1.19. The molecule has 0 saturated carbocycles. The van der Waals surface area contributed by atoms with E-state index in [0.717, 1.165) is 0 Å². The number of hydrogen-bond acceptors (Lipinski definition) is 2. The fourth-order valence-corrected chi connectivity index (χ4v) is 0.675. The van der Waals surface area contributed by atoms with Crippen molar-refractivity contribution in [1.82, 2.24) is 5.32 Å². The van der Waals surface area contributed by atoms with Crippen molar-refractivity contribution < 1.29 is 22.4 Å². The molecule has 1 amide bonds. The zero-order chi connectivity index (χ0) is 9.90. The zero-order valence-electron chi connectivity index (χ0n) is 6.39. The lowest BCUT2D eigenvalue weighted by Gasteiger charge is -2.06. The number of nitrogens with one attached hydrogen (secondary N) is 1. The van der Waals surface area contributed by atoms with Crippen LogP contribution in [0.1, 0.15) is 10.6 Å². The molecule has 72 valence electrons. The van der Waals surface area contributed by atoms with Gasteiger partial charge in [-0.05, 0) is 12.1 Å². The first kappa shape index (κ1) is 9.63. The smallest absolute Gasteiger partial charge is 0.405 e. The Labute approximate surface area is 71.5 Å². The maximum atomic E-state index is 11.6. The summed E-state index contributed by atoms with van der Waals surface area (Å²) in [6.45, 7) is -1.35. The van der Waals surface area contributed by atoms with Crippen molar-refractivity contribution >= 4 is 5.91 Å². The summed E-state index contributed by atoms with van der Waals surface area (Å²) in [5, 5.41) is 1.67. The number of carbonyl (C=O) groups excluding carboxylic acids is 1. The minimum absolute atomic E-state index is 0.135. The maximum Gasteiger partial charge on any atom is 0.405 e. The lowest BCUT2D eigenvalue weighted by atomic mass is 10.4. The molecule has 0 bridgehead atoms. The summed E-state index contributed by atoms with van der Waals surface area (Å²) in [6, 6.07) is 2.70. The highest BCUT2D eigenvalue weighted by Crippen LogP contribution is 2.12. The Morgan fingerprint density at radius 2 is 2.23 bits per heavy atom. The van der Waals surface area contributed by atoms with Crippen LogP contribution in [0, 0.1) is 0 Å². The molecule has 0 aromatic carbocycles. The maximum absolute atomic E-state index is 11.6. The Bertz CT molecular complexity index is 278. The summed E-state index contributed by atoms with van der Waals surface area (Å²) < 4.78 is 39.4. The molecule has 0 atom stereocenters. The van der Waals surface area contributed by atoms with E-state index in [1.165, 1.54) is 18.4 Å². The molecule has 1 aromatic rings. The van der Waals surface area contributed by atoms with E-state index in [2.05, 4.69) is 4.42 Å². The summed E-state index contributed by atoms with van der Waals surface area (Å²) in [6.07, 6.45) is -3.19. The summed E-state index contributed by atoms with van der Waals surface area (Å²) in [4.78, 5) is 10.8. The van der Waals surface area contributed by atoms with Crippen molar-refractivity contribution in [2.45, 2.75) is 6.18 Å². The van der Waals surface area contributed by atoms with Crippen molar-refractivity contribution in [3.05, 3.63) is 24.2 Å². The van der Waals surface area contributed by atoms with Gasteiger partial charge in [-0.2, -0.15) is 13.2 Å². The Hall–Kier alpha value is -1.46. The molecule has 0 aliphatic heterocycles. The number of halogens is 3. The van der Waals surface area contributed by atoms with Gasteiger partial charge in [0.1, 0.15) is 6.54 Å². The van der Waals surface area contributed by atoms with E-state index >= 15 is 0 Å². The lowest BCUT2D eigenvalue weighted by molar-refractivity contribution is -0.123. The molecule has 0 spiro atoms. The van der Waals surface area contributed by atoms with Crippen LogP contribution in [0.15, 0.2) is 22.8 Å². The molecule has 1 aromatic heterocycles. The van der Waals surface area contributed by atoms with Crippen molar-refractivity contribution in [1.29, 1.82) is 0 Å². The van der Waals surface area contributed by atoms with Gasteiger partial charge in [-0.1, -0.05) is 0 Å². The van der Waals surface area contributed by atoms with Crippen molar-refractivity contribution in [3.63, 3.8) is 0 Å². The van der Waals surface area contributed by atoms with Crippen LogP contribution in [0.2, 0.25) is 0 Å². The minimum atomic E-state index is -4.40. The highest BCUT2D eigenvalue weighted by Gasteiger charge is 2.28. The summed E-state index contributed by atoms with van der Waals surface area (Å²) in [5.74, 6) is -1.01. The van der Waals surface area contributed by atoms with Crippen LogP contribution < -0.4 is 5.32 Å². The minimum Gasteiger partial charge on any atom is -0.459 e. The molecule has 0 saturated heterocycles. The quantitative estimate of drug-likeness (QED) is 0.774. The number of alkyl halides is 3. The fourth-order valence-electron chi connectivity index (χ4n) is 0.675. The molecule has 0 aliphatic carbocycles. The molecule has 3 nitrogen and oxygen atoms in total. The van der Waals surface area contributed by atoms with Crippen molar-refractivity contribution in [3.8, 4) is 0 Å². The first-order valence-corrected chi connectivity index (χ1v) is 3.37. The molecular weight excluding hydrogens is 187 g/mol. The first-order valence-electron chi connectivity index (χ1n) is 3.37. The summed E-state index contributed by atoms with van der Waals surface area (Å²) >= 11 is 0. The molecule has 6 heteroatoms. The number of carbonyl (C=O) groups is 1. The van der Waals surface area contributed by atoms with Crippen LogP contribution in [0.5, 0.6) is 0 Å². The SMILES string of the molecule is O=C(NCC(F)(F)F)c1ccco1. The standard InChI is InChI=1S/C7H6F3NO2/c8-7(9,10)4-11-6(12)5-2-1-3-13-5/h1-3H,4H2,(H,11,12). The predicted molar refractivity (Wildman–Crippen MR) is 37.1 cm³/mol. The van der Waals surface area contributed by atoms with Crippen LogP contribution in [-0.4, -0.2) is 18.6 Å². The summed E-state index contributed by atoms with van der Waals surface area (Å²) in [7, 11) is 0. The molecule has 0 fully saturated rings. The van der Waals surface area contributed by atoms with E-state index in [1.54, 1.807) is 5.32 Å². The molecule has 0 unspecified atom stereocenters. The Kier molecular flexibility index (Phi) is 2.60. The molecule has 1 rings (SSSR count). The second-order valence-corrected chi connectivity index (χ2v) is 2.28. The van der Waals surface area contributed by atoms with Crippen molar-refractivity contribution in [2.75, 3.05) is 6.54 Å². The van der Waals surface area contributed by atoms with Gasteiger partial charge in [-0.25, -0.2) is 0 Å². The Morgan fingerprint density at radius 1 is 1.54 bits per heavy atom. The highest BCUT2D eigenvalue weighted by molar-refractivity contribution is 5.91. The van der Waals surface area contributed by atoms with Gasteiger partial charge in [0.2, 0.25) is 0 Å². The normalized spacial score (nSPS) is 11.3. The second-order valence-electron chi connectivity index (χ2n) is 2.28. The average Bonchev–Trinajstić information content (AvgIpc) is 2.50. The Balaban J connectivity index is 2.44. The molecule has 1 heterocycles. The topological polar surface area (TPSA) is 42.2 Å². The highest BCUT2D eigenvalue weighted by atomic mass is 19.4. The lowest BCUT2D eigenvalue weighted by Crippen LogP contribution is -2.33. The second kappa shape index (κ2) is 3.51. The Morgan fingerprint density at radius 3 is 2.69 bits per heavy atom. The molecular formula is C7H6F3NO2. The number of rotatable bonds is 2. The van der Waals surface area contributed by atoms with E-state index in [9.17, 15) is 18.0 Å². The van der Waals surface area contributed by atoms with E-state index in [0.29, 0.717) is 0 Å². The molecule has 13 heavy (non-hydrogen) atoms. The monoisotopic (exact) mass is 193 g/mol. The van der Waals surface area contributed by atoms with E-state index < -0.39 is 18.6 Å². The molecule has 0 radical (unpaired) electrons. The van der Waals surface area contributed by atoms with Crippen LogP contribution in [0.25, 0.3) is 0 Å². The van der Waals surface area contributed by atoms with Gasteiger partial charge in [-0.3, -0.25) is 4.79 Å². The summed E-state index contributed by atoms with van der Waals surface area (Å²) in [5.41, 5.74) is 0.